The molecule has 0 bridgehead atoms. The summed E-state index contributed by atoms with van der Waals surface area (Å²) in [6, 6.07) is 9.99. The second-order valence-electron chi connectivity index (χ2n) is 5.85. The van der Waals surface area contributed by atoms with Gasteiger partial charge in [0.25, 0.3) is 5.56 Å². The van der Waals surface area contributed by atoms with E-state index in [1.807, 2.05) is 0 Å². The molecule has 0 aliphatic rings. The van der Waals surface area contributed by atoms with Crippen LogP contribution in [0.2, 0.25) is 0 Å². The Bertz CT molecular complexity index is 1140. The second-order valence-corrected chi connectivity index (χ2v) is 7.61. The Morgan fingerprint density at radius 3 is 2.59 bits per heavy atom. The number of benzene rings is 1. The normalized spacial score (nSPS) is 11.3. The van der Waals surface area contributed by atoms with Crippen molar-refractivity contribution in [3.8, 4) is 5.82 Å². The van der Waals surface area contributed by atoms with E-state index < -0.39 is 16.0 Å². The number of hydrogen-bond donors (Lipinski definition) is 1. The first-order chi connectivity index (χ1) is 13.9. The molecule has 3 aromatic rings. The van der Waals surface area contributed by atoms with Gasteiger partial charge in [-0.2, -0.15) is 5.10 Å². The molecule has 29 heavy (non-hydrogen) atoms. The summed E-state index contributed by atoms with van der Waals surface area (Å²) in [6.07, 6.45) is 3.26. The van der Waals surface area contributed by atoms with Crippen molar-refractivity contribution in [2.24, 2.45) is 0 Å². The predicted octanol–water partition coefficient (Wildman–Crippen LogP) is 0.584. The Balaban J connectivity index is 1.66. The number of hydrogen-bond acceptors (Lipinski definition) is 7. The van der Waals surface area contributed by atoms with Crippen LogP contribution in [0.25, 0.3) is 5.82 Å². The van der Waals surface area contributed by atoms with E-state index in [0.717, 1.165) is 4.68 Å². The highest BCUT2D eigenvalue weighted by molar-refractivity contribution is 7.89. The van der Waals surface area contributed by atoms with Crippen LogP contribution < -0.4 is 10.3 Å². The average molecular weight is 417 g/mol. The SMILES string of the molecule is CCOC(=O)c1ccc(S(=O)(=O)NCCn2nc(-n3cccn3)ccc2=O)cc1. The fourth-order valence-corrected chi connectivity index (χ4v) is 3.50. The summed E-state index contributed by atoms with van der Waals surface area (Å²) in [7, 11) is -3.81. The van der Waals surface area contributed by atoms with Crippen molar-refractivity contribution in [2.75, 3.05) is 13.2 Å². The number of carbonyl (C=O) groups is 1. The van der Waals surface area contributed by atoms with Gasteiger partial charge in [0.2, 0.25) is 10.0 Å². The summed E-state index contributed by atoms with van der Waals surface area (Å²) < 4.78 is 34.8. The van der Waals surface area contributed by atoms with Crippen molar-refractivity contribution in [1.29, 1.82) is 0 Å². The van der Waals surface area contributed by atoms with Gasteiger partial charge in [-0.25, -0.2) is 27.3 Å². The molecule has 1 aromatic carbocycles. The monoisotopic (exact) mass is 417 g/mol. The minimum absolute atomic E-state index is 0.00357. The fraction of sp³-hybridized carbons (Fsp3) is 0.222. The number of rotatable bonds is 8. The first-order valence-corrected chi connectivity index (χ1v) is 10.2. The number of aromatic nitrogens is 4. The smallest absolute Gasteiger partial charge is 0.338 e. The van der Waals surface area contributed by atoms with E-state index in [4.69, 9.17) is 4.74 Å². The molecule has 1 N–H and O–H groups in total. The molecule has 0 radical (unpaired) electrons. The number of esters is 1. The van der Waals surface area contributed by atoms with E-state index in [9.17, 15) is 18.0 Å². The molecule has 0 saturated heterocycles. The summed E-state index contributed by atoms with van der Waals surface area (Å²) in [4.78, 5) is 23.6. The van der Waals surface area contributed by atoms with Crippen molar-refractivity contribution in [3.05, 3.63) is 70.8 Å². The first kappa shape index (κ1) is 20.4. The molecule has 11 heteroatoms. The maximum Gasteiger partial charge on any atom is 0.338 e. The fourth-order valence-electron chi connectivity index (χ4n) is 2.48. The van der Waals surface area contributed by atoms with Gasteiger partial charge >= 0.3 is 5.97 Å². The summed E-state index contributed by atoms with van der Waals surface area (Å²) in [6.45, 7) is 1.91. The lowest BCUT2D eigenvalue weighted by Gasteiger charge is -2.09. The zero-order chi connectivity index (χ0) is 20.9. The highest BCUT2D eigenvalue weighted by Crippen LogP contribution is 2.11. The van der Waals surface area contributed by atoms with Crippen LogP contribution in [-0.4, -0.2) is 47.1 Å². The lowest BCUT2D eigenvalue weighted by atomic mass is 10.2. The van der Waals surface area contributed by atoms with Crippen molar-refractivity contribution in [3.63, 3.8) is 0 Å². The van der Waals surface area contributed by atoms with Gasteiger partial charge in [0.05, 0.1) is 23.6 Å². The minimum atomic E-state index is -3.81. The number of nitrogens with zero attached hydrogens (tertiary/aromatic N) is 4. The van der Waals surface area contributed by atoms with Crippen molar-refractivity contribution in [2.45, 2.75) is 18.4 Å². The molecule has 0 amide bonds. The molecule has 0 atom stereocenters. The third-order valence-corrected chi connectivity index (χ3v) is 5.36. The van der Waals surface area contributed by atoms with Crippen LogP contribution in [0.5, 0.6) is 0 Å². The van der Waals surface area contributed by atoms with Gasteiger partial charge in [0, 0.05) is 25.0 Å². The Hall–Kier alpha value is -3.31. The summed E-state index contributed by atoms with van der Waals surface area (Å²) in [5.41, 5.74) is -0.101. The van der Waals surface area contributed by atoms with Crippen molar-refractivity contribution < 1.29 is 17.9 Å². The third-order valence-electron chi connectivity index (χ3n) is 3.88. The van der Waals surface area contributed by atoms with Crippen LogP contribution >= 0.6 is 0 Å². The first-order valence-electron chi connectivity index (χ1n) is 8.76. The molecule has 2 heterocycles. The maximum absolute atomic E-state index is 12.4. The van der Waals surface area contributed by atoms with E-state index in [1.54, 1.807) is 25.4 Å². The molecule has 0 spiro atoms. The third kappa shape index (κ3) is 4.95. The highest BCUT2D eigenvalue weighted by atomic mass is 32.2. The number of sulfonamides is 1. The molecular weight excluding hydrogens is 398 g/mol. The molecule has 0 fully saturated rings. The zero-order valence-corrected chi connectivity index (χ0v) is 16.4. The maximum atomic E-state index is 12.4. The van der Waals surface area contributed by atoms with Gasteiger partial charge < -0.3 is 4.74 Å². The van der Waals surface area contributed by atoms with Gasteiger partial charge in [-0.15, -0.1) is 5.10 Å². The van der Waals surface area contributed by atoms with Gasteiger partial charge in [-0.3, -0.25) is 4.79 Å². The van der Waals surface area contributed by atoms with Crippen molar-refractivity contribution >= 4 is 16.0 Å². The van der Waals surface area contributed by atoms with E-state index in [2.05, 4.69) is 14.9 Å². The molecule has 3 rings (SSSR count). The zero-order valence-electron chi connectivity index (χ0n) is 15.6. The summed E-state index contributed by atoms with van der Waals surface area (Å²) in [5.74, 6) is -0.0843. The molecule has 10 nitrogen and oxygen atoms in total. The van der Waals surface area contributed by atoms with E-state index in [0.29, 0.717) is 5.82 Å². The predicted molar refractivity (Wildman–Crippen MR) is 103 cm³/mol. The molecule has 2 aromatic heterocycles. The summed E-state index contributed by atoms with van der Waals surface area (Å²) in [5, 5.41) is 8.22. The van der Waals surface area contributed by atoms with E-state index in [-0.39, 0.29) is 35.7 Å². The van der Waals surface area contributed by atoms with Crippen LogP contribution in [0.15, 0.2) is 64.5 Å². The van der Waals surface area contributed by atoms with Crippen LogP contribution in [0.1, 0.15) is 17.3 Å². The highest BCUT2D eigenvalue weighted by Gasteiger charge is 2.15. The van der Waals surface area contributed by atoms with Gasteiger partial charge in [-0.1, -0.05) is 0 Å². The molecular formula is C18H19N5O5S. The topological polar surface area (TPSA) is 125 Å². The number of nitrogens with one attached hydrogen (secondary N) is 1. The molecule has 0 unspecified atom stereocenters. The van der Waals surface area contributed by atoms with Crippen molar-refractivity contribution in [1.82, 2.24) is 24.3 Å². The molecule has 152 valence electrons. The van der Waals surface area contributed by atoms with Gasteiger partial charge in [0.15, 0.2) is 5.82 Å². The Labute approximate surface area is 166 Å². The number of carbonyl (C=O) groups excluding carboxylic acids is 1. The largest absolute Gasteiger partial charge is 0.462 e. The van der Waals surface area contributed by atoms with Crippen LogP contribution in [0, 0.1) is 0 Å². The standard InChI is InChI=1S/C18H19N5O5S/c1-2-28-18(25)14-4-6-15(7-5-14)29(26,27)20-11-13-23-17(24)9-8-16(21-23)22-12-3-10-19-22/h3-10,12,20H,2,11,13H2,1H3. The van der Waals surface area contributed by atoms with Crippen LogP contribution in [0.3, 0.4) is 0 Å². The number of ether oxygens (including phenoxy) is 1. The van der Waals surface area contributed by atoms with Gasteiger partial charge in [-0.05, 0) is 43.3 Å². The lowest BCUT2D eigenvalue weighted by Crippen LogP contribution is -2.32. The molecule has 0 aliphatic carbocycles. The second kappa shape index (κ2) is 8.80. The Morgan fingerprint density at radius 2 is 1.93 bits per heavy atom. The van der Waals surface area contributed by atoms with E-state index in [1.165, 1.54) is 41.1 Å². The van der Waals surface area contributed by atoms with Crippen LogP contribution in [0.4, 0.5) is 0 Å². The van der Waals surface area contributed by atoms with Crippen LogP contribution in [-0.2, 0) is 21.3 Å². The Kier molecular flexibility index (Phi) is 6.20. The molecule has 0 aliphatic heterocycles. The minimum Gasteiger partial charge on any atom is -0.462 e. The summed E-state index contributed by atoms with van der Waals surface area (Å²) >= 11 is 0. The van der Waals surface area contributed by atoms with E-state index >= 15 is 0 Å². The lowest BCUT2D eigenvalue weighted by molar-refractivity contribution is 0.0526. The Morgan fingerprint density at radius 1 is 1.17 bits per heavy atom. The quantitative estimate of drug-likeness (QED) is 0.532. The average Bonchev–Trinajstić information content (AvgIpc) is 3.24. The van der Waals surface area contributed by atoms with Gasteiger partial charge in [0.1, 0.15) is 0 Å². The molecule has 0 saturated carbocycles.